The summed E-state index contributed by atoms with van der Waals surface area (Å²) in [5, 5.41) is 0. The number of hydrogen-bond donors (Lipinski definition) is 0. The topological polar surface area (TPSA) is 6.48 Å². The number of anilines is 2. The van der Waals surface area contributed by atoms with Gasteiger partial charge in [-0.05, 0) is 59.2 Å². The van der Waals surface area contributed by atoms with Crippen LogP contribution in [0.15, 0.2) is 24.3 Å². The number of nitrogens with zero attached hydrogens (tertiary/aromatic N) is 2. The first-order valence-electron chi connectivity index (χ1n) is 7.17. The van der Waals surface area contributed by atoms with Crippen LogP contribution in [0.2, 0.25) is 0 Å². The Morgan fingerprint density at radius 1 is 0.895 bits per heavy atom. The molecular formula is C17H30N2. The molecule has 2 nitrogen and oxygen atoms in total. The summed E-state index contributed by atoms with van der Waals surface area (Å²) in [4.78, 5) is 4.69. The summed E-state index contributed by atoms with van der Waals surface area (Å²) in [5.41, 5.74) is 2.86. The van der Waals surface area contributed by atoms with Gasteiger partial charge in [0, 0.05) is 36.5 Å². The Labute approximate surface area is 119 Å². The van der Waals surface area contributed by atoms with E-state index in [4.69, 9.17) is 0 Å². The Kier molecular flexibility index (Phi) is 4.54. The van der Waals surface area contributed by atoms with Gasteiger partial charge in [0.05, 0.1) is 0 Å². The first-order valence-corrected chi connectivity index (χ1v) is 7.17. The summed E-state index contributed by atoms with van der Waals surface area (Å²) in [7, 11) is 4.34. The lowest BCUT2D eigenvalue weighted by molar-refractivity contribution is 0.470. The Morgan fingerprint density at radius 2 is 1.37 bits per heavy atom. The predicted octanol–water partition coefficient (Wildman–Crippen LogP) is 4.55. The molecular weight excluding hydrogens is 232 g/mol. The third-order valence-electron chi connectivity index (χ3n) is 4.38. The fraction of sp³-hybridized carbons (Fsp3) is 0.647. The molecule has 0 aromatic heterocycles. The van der Waals surface area contributed by atoms with E-state index in [0.29, 0.717) is 0 Å². The molecule has 0 bridgehead atoms. The summed E-state index contributed by atoms with van der Waals surface area (Å²) in [5.74, 6) is 0. The zero-order chi connectivity index (χ0) is 14.8. The maximum Gasteiger partial charge on any atom is 0.0388 e. The van der Waals surface area contributed by atoms with Crippen LogP contribution in [-0.2, 0) is 0 Å². The van der Waals surface area contributed by atoms with Gasteiger partial charge in [-0.3, -0.25) is 0 Å². The Bertz CT molecular complexity index is 416. The first kappa shape index (κ1) is 15.9. The molecule has 0 aliphatic carbocycles. The molecule has 0 aliphatic rings. The molecule has 2 heteroatoms. The molecule has 0 fully saturated rings. The minimum atomic E-state index is 0.136. The zero-order valence-corrected chi connectivity index (χ0v) is 13.9. The molecule has 0 saturated carbocycles. The average molecular weight is 262 g/mol. The van der Waals surface area contributed by atoms with E-state index in [1.54, 1.807) is 0 Å². The molecule has 0 atom stereocenters. The number of rotatable bonds is 4. The first-order chi connectivity index (χ1) is 8.59. The van der Waals surface area contributed by atoms with Crippen LogP contribution in [0.4, 0.5) is 11.4 Å². The van der Waals surface area contributed by atoms with Crippen LogP contribution in [-0.4, -0.2) is 25.2 Å². The summed E-state index contributed by atoms with van der Waals surface area (Å²) >= 11 is 0. The second-order valence-electron chi connectivity index (χ2n) is 6.97. The van der Waals surface area contributed by atoms with Gasteiger partial charge >= 0.3 is 0 Å². The van der Waals surface area contributed by atoms with Gasteiger partial charge in [0.25, 0.3) is 0 Å². The summed E-state index contributed by atoms with van der Waals surface area (Å²) < 4.78 is 0. The molecule has 0 radical (unpaired) electrons. The molecule has 0 heterocycles. The molecule has 0 spiro atoms. The van der Waals surface area contributed by atoms with E-state index in [0.717, 1.165) is 6.42 Å². The third-order valence-corrected chi connectivity index (χ3v) is 4.38. The van der Waals surface area contributed by atoms with Crippen molar-refractivity contribution in [2.24, 2.45) is 0 Å². The van der Waals surface area contributed by atoms with Crippen LogP contribution in [0.25, 0.3) is 0 Å². The van der Waals surface area contributed by atoms with Gasteiger partial charge in [-0.15, -0.1) is 0 Å². The van der Waals surface area contributed by atoms with E-state index >= 15 is 0 Å². The van der Waals surface area contributed by atoms with Crippen molar-refractivity contribution in [1.29, 1.82) is 0 Å². The molecule has 19 heavy (non-hydrogen) atoms. The fourth-order valence-electron chi connectivity index (χ4n) is 1.88. The highest BCUT2D eigenvalue weighted by molar-refractivity contribution is 5.60. The molecule has 108 valence electrons. The zero-order valence-electron chi connectivity index (χ0n) is 13.9. The molecule has 1 aromatic rings. The lowest BCUT2D eigenvalue weighted by atomic mass is 9.99. The van der Waals surface area contributed by atoms with Crippen molar-refractivity contribution in [3.8, 4) is 0 Å². The third kappa shape index (κ3) is 3.65. The SMILES string of the molecule is CCC(C)(C)N(C)c1cccc(N(C)C(C)(C)C)c1. The lowest BCUT2D eigenvalue weighted by Gasteiger charge is -2.38. The second kappa shape index (κ2) is 5.44. The van der Waals surface area contributed by atoms with E-state index in [2.05, 4.69) is 89.7 Å². The van der Waals surface area contributed by atoms with Gasteiger partial charge in [0.15, 0.2) is 0 Å². The van der Waals surface area contributed by atoms with Gasteiger partial charge in [0.2, 0.25) is 0 Å². The van der Waals surface area contributed by atoms with Crippen molar-refractivity contribution >= 4 is 11.4 Å². The van der Waals surface area contributed by atoms with Gasteiger partial charge in [-0.1, -0.05) is 13.0 Å². The highest BCUT2D eigenvalue weighted by atomic mass is 15.2. The monoisotopic (exact) mass is 262 g/mol. The van der Waals surface area contributed by atoms with Gasteiger partial charge in [-0.25, -0.2) is 0 Å². The van der Waals surface area contributed by atoms with Gasteiger partial charge < -0.3 is 9.80 Å². The fourth-order valence-corrected chi connectivity index (χ4v) is 1.88. The van der Waals surface area contributed by atoms with Crippen LogP contribution in [0.5, 0.6) is 0 Å². The summed E-state index contributed by atoms with van der Waals surface area (Å²) in [6.07, 6.45) is 1.13. The van der Waals surface area contributed by atoms with E-state index < -0.39 is 0 Å². The number of benzene rings is 1. The van der Waals surface area contributed by atoms with Crippen LogP contribution in [0.3, 0.4) is 0 Å². The van der Waals surface area contributed by atoms with E-state index in [1.165, 1.54) is 11.4 Å². The minimum Gasteiger partial charge on any atom is -0.370 e. The second-order valence-corrected chi connectivity index (χ2v) is 6.97. The van der Waals surface area contributed by atoms with Crippen LogP contribution in [0, 0.1) is 0 Å². The van der Waals surface area contributed by atoms with Crippen molar-refractivity contribution in [3.63, 3.8) is 0 Å². The normalized spacial score (nSPS) is 12.4. The lowest BCUT2D eigenvalue weighted by Crippen LogP contribution is -2.41. The average Bonchev–Trinajstić information content (AvgIpc) is 2.36. The standard InChI is InChI=1S/C17H30N2/c1-9-17(5,6)19(8)15-12-10-11-14(13-15)18(7)16(2,3)4/h10-13H,9H2,1-8H3. The smallest absolute Gasteiger partial charge is 0.0388 e. The largest absolute Gasteiger partial charge is 0.370 e. The Balaban J connectivity index is 3.08. The van der Waals surface area contributed by atoms with Crippen LogP contribution < -0.4 is 9.80 Å². The van der Waals surface area contributed by atoms with Crippen LogP contribution >= 0.6 is 0 Å². The van der Waals surface area contributed by atoms with Crippen molar-refractivity contribution in [2.45, 2.75) is 59.0 Å². The molecule has 0 N–H and O–H groups in total. The van der Waals surface area contributed by atoms with E-state index in [1.807, 2.05) is 0 Å². The van der Waals surface area contributed by atoms with Crippen molar-refractivity contribution in [1.82, 2.24) is 0 Å². The van der Waals surface area contributed by atoms with Crippen molar-refractivity contribution < 1.29 is 0 Å². The molecule has 1 rings (SSSR count). The van der Waals surface area contributed by atoms with Gasteiger partial charge in [0.1, 0.15) is 0 Å². The highest BCUT2D eigenvalue weighted by Gasteiger charge is 2.23. The summed E-state index contributed by atoms with van der Waals surface area (Å²) in [6.45, 7) is 13.5. The molecule has 0 unspecified atom stereocenters. The highest BCUT2D eigenvalue weighted by Crippen LogP contribution is 2.30. The Morgan fingerprint density at radius 3 is 1.79 bits per heavy atom. The molecule has 0 saturated heterocycles. The maximum atomic E-state index is 2.37. The summed E-state index contributed by atoms with van der Waals surface area (Å²) in [6, 6.07) is 8.80. The quantitative estimate of drug-likeness (QED) is 0.785. The van der Waals surface area contributed by atoms with Crippen LogP contribution in [0.1, 0.15) is 48.0 Å². The number of hydrogen-bond acceptors (Lipinski definition) is 2. The van der Waals surface area contributed by atoms with Crippen molar-refractivity contribution in [2.75, 3.05) is 23.9 Å². The Hall–Kier alpha value is -1.18. The predicted molar refractivity (Wildman–Crippen MR) is 87.4 cm³/mol. The van der Waals surface area contributed by atoms with E-state index in [-0.39, 0.29) is 11.1 Å². The van der Waals surface area contributed by atoms with E-state index in [9.17, 15) is 0 Å². The maximum absolute atomic E-state index is 2.37. The van der Waals surface area contributed by atoms with Gasteiger partial charge in [-0.2, -0.15) is 0 Å². The molecule has 1 aromatic carbocycles. The molecule has 0 amide bonds. The minimum absolute atomic E-state index is 0.136. The molecule has 0 aliphatic heterocycles. The van der Waals surface area contributed by atoms with Crippen molar-refractivity contribution in [3.05, 3.63) is 24.3 Å².